The van der Waals surface area contributed by atoms with Gasteiger partial charge < -0.3 is 14.2 Å². The first-order valence-corrected chi connectivity index (χ1v) is 6.04. The number of furan rings is 2. The Morgan fingerprint density at radius 1 is 1.12 bits per heavy atom. The Morgan fingerprint density at radius 3 is 2.88 bits per heavy atom. The molecule has 1 fully saturated rings. The van der Waals surface area contributed by atoms with E-state index in [1.54, 1.807) is 12.5 Å². The fraction of sp³-hybridized carbons (Fsp3) is 0.286. The number of rotatable bonds is 1. The summed E-state index contributed by atoms with van der Waals surface area (Å²) in [5.41, 5.74) is 3.06. The molecule has 1 N–H and O–H groups in total. The van der Waals surface area contributed by atoms with Crippen molar-refractivity contribution in [2.45, 2.75) is 18.9 Å². The van der Waals surface area contributed by atoms with E-state index in [1.807, 2.05) is 12.1 Å². The van der Waals surface area contributed by atoms with E-state index in [1.165, 1.54) is 23.8 Å². The molecule has 1 atom stereocenters. The third-order valence-electron chi connectivity index (χ3n) is 3.62. The van der Waals surface area contributed by atoms with E-state index < -0.39 is 0 Å². The maximum absolute atomic E-state index is 5.57. The maximum atomic E-state index is 5.57. The normalized spacial score (nSPS) is 20.6. The summed E-state index contributed by atoms with van der Waals surface area (Å²) in [5.74, 6) is 0. The van der Waals surface area contributed by atoms with Gasteiger partial charge in [-0.1, -0.05) is 0 Å². The quantitative estimate of drug-likeness (QED) is 0.690. The molecule has 86 valence electrons. The van der Waals surface area contributed by atoms with Crippen LogP contribution in [0.25, 0.3) is 21.9 Å². The largest absolute Gasteiger partial charge is 0.460 e. The van der Waals surface area contributed by atoms with Crippen LogP contribution >= 0.6 is 0 Å². The van der Waals surface area contributed by atoms with Crippen LogP contribution in [0.5, 0.6) is 0 Å². The molecule has 0 bridgehead atoms. The fourth-order valence-electron chi connectivity index (χ4n) is 2.81. The lowest BCUT2D eigenvalue weighted by atomic mass is 9.99. The molecule has 3 heteroatoms. The molecule has 1 aromatic carbocycles. The molecule has 1 saturated heterocycles. The molecule has 3 nitrogen and oxygen atoms in total. The van der Waals surface area contributed by atoms with Crippen LogP contribution in [0.1, 0.15) is 24.4 Å². The van der Waals surface area contributed by atoms with Crippen LogP contribution in [-0.4, -0.2) is 6.54 Å². The van der Waals surface area contributed by atoms with Gasteiger partial charge >= 0.3 is 0 Å². The van der Waals surface area contributed by atoms with Gasteiger partial charge in [0.25, 0.3) is 0 Å². The van der Waals surface area contributed by atoms with Crippen LogP contribution in [0.3, 0.4) is 0 Å². The van der Waals surface area contributed by atoms with E-state index in [9.17, 15) is 0 Å². The summed E-state index contributed by atoms with van der Waals surface area (Å²) < 4.78 is 11.1. The van der Waals surface area contributed by atoms with Crippen molar-refractivity contribution in [2.75, 3.05) is 6.54 Å². The minimum Gasteiger partial charge on any atom is -0.460 e. The summed E-state index contributed by atoms with van der Waals surface area (Å²) in [6.07, 6.45) is 5.90. The molecular weight excluding hydrogens is 214 g/mol. The van der Waals surface area contributed by atoms with Gasteiger partial charge in [0.15, 0.2) is 11.2 Å². The lowest BCUT2D eigenvalue weighted by molar-refractivity contribution is 0.582. The molecule has 1 unspecified atom stereocenters. The summed E-state index contributed by atoms with van der Waals surface area (Å²) in [4.78, 5) is 0. The smallest absolute Gasteiger partial charge is 0.177 e. The van der Waals surface area contributed by atoms with E-state index >= 15 is 0 Å². The zero-order valence-electron chi connectivity index (χ0n) is 9.40. The average molecular weight is 227 g/mol. The molecule has 1 aliphatic heterocycles. The summed E-state index contributed by atoms with van der Waals surface area (Å²) in [6.45, 7) is 1.10. The molecular formula is C14H13NO2. The Labute approximate surface area is 98.4 Å². The van der Waals surface area contributed by atoms with Gasteiger partial charge in [-0.25, -0.2) is 0 Å². The summed E-state index contributed by atoms with van der Waals surface area (Å²) in [7, 11) is 0. The van der Waals surface area contributed by atoms with Crippen LogP contribution in [0.2, 0.25) is 0 Å². The van der Waals surface area contributed by atoms with Crippen LogP contribution in [0.15, 0.2) is 39.6 Å². The maximum Gasteiger partial charge on any atom is 0.177 e. The monoisotopic (exact) mass is 227 g/mol. The average Bonchev–Trinajstić information content (AvgIpc) is 3.09. The van der Waals surface area contributed by atoms with Gasteiger partial charge in [0.1, 0.15) is 0 Å². The predicted octanol–water partition coefficient (Wildman–Crippen LogP) is 3.60. The number of benzene rings is 1. The zero-order valence-corrected chi connectivity index (χ0v) is 9.40. The highest BCUT2D eigenvalue weighted by molar-refractivity contribution is 6.02. The van der Waals surface area contributed by atoms with Crippen molar-refractivity contribution >= 4 is 21.9 Å². The van der Waals surface area contributed by atoms with E-state index in [0.717, 1.165) is 23.1 Å². The van der Waals surface area contributed by atoms with E-state index in [-0.39, 0.29) is 0 Å². The molecule has 3 heterocycles. The zero-order chi connectivity index (χ0) is 11.2. The third kappa shape index (κ3) is 1.26. The third-order valence-corrected chi connectivity index (χ3v) is 3.62. The first-order chi connectivity index (χ1) is 8.43. The predicted molar refractivity (Wildman–Crippen MR) is 66.0 cm³/mol. The highest BCUT2D eigenvalue weighted by atomic mass is 16.4. The van der Waals surface area contributed by atoms with Crippen molar-refractivity contribution < 1.29 is 8.83 Å². The Hall–Kier alpha value is -1.74. The second kappa shape index (κ2) is 3.37. The molecule has 0 saturated carbocycles. The lowest BCUT2D eigenvalue weighted by Gasteiger charge is -2.11. The molecule has 0 aliphatic carbocycles. The summed E-state index contributed by atoms with van der Waals surface area (Å²) in [6, 6.07) is 6.71. The molecule has 1 aliphatic rings. The van der Waals surface area contributed by atoms with Gasteiger partial charge in [0.2, 0.25) is 0 Å². The molecule has 4 rings (SSSR count). The molecule has 0 spiro atoms. The Bertz CT molecular complexity index is 674. The van der Waals surface area contributed by atoms with Crippen molar-refractivity contribution in [2.24, 2.45) is 0 Å². The van der Waals surface area contributed by atoms with Crippen LogP contribution < -0.4 is 5.32 Å². The summed E-state index contributed by atoms with van der Waals surface area (Å²) in [5, 5.41) is 5.83. The number of hydrogen-bond acceptors (Lipinski definition) is 3. The second-order valence-electron chi connectivity index (χ2n) is 4.62. The first kappa shape index (κ1) is 9.31. The topological polar surface area (TPSA) is 38.3 Å². The molecule has 17 heavy (non-hydrogen) atoms. The van der Waals surface area contributed by atoms with Crippen LogP contribution in [0.4, 0.5) is 0 Å². The lowest BCUT2D eigenvalue weighted by Crippen LogP contribution is -2.12. The SMILES string of the molecule is c1cc2cc(C3CCCN3)c3ccoc3c2o1. The minimum atomic E-state index is 0.453. The highest BCUT2D eigenvalue weighted by Gasteiger charge is 2.21. The van der Waals surface area contributed by atoms with Gasteiger partial charge in [0.05, 0.1) is 12.5 Å². The fourth-order valence-corrected chi connectivity index (χ4v) is 2.81. The minimum absolute atomic E-state index is 0.453. The number of fused-ring (bicyclic) bond motifs is 3. The highest BCUT2D eigenvalue weighted by Crippen LogP contribution is 2.35. The standard InChI is InChI=1S/C14H13NO2/c1-2-12(15-5-1)11-8-9-3-6-16-13(9)14-10(11)4-7-17-14/h3-4,6-8,12,15H,1-2,5H2. The van der Waals surface area contributed by atoms with E-state index in [4.69, 9.17) is 8.83 Å². The number of hydrogen-bond donors (Lipinski definition) is 1. The molecule has 0 radical (unpaired) electrons. The van der Waals surface area contributed by atoms with Gasteiger partial charge in [-0.15, -0.1) is 0 Å². The van der Waals surface area contributed by atoms with Gasteiger partial charge in [-0.05, 0) is 43.1 Å². The Morgan fingerprint density at radius 2 is 2.00 bits per heavy atom. The molecule has 3 aromatic rings. The van der Waals surface area contributed by atoms with E-state index in [2.05, 4.69) is 11.4 Å². The van der Waals surface area contributed by atoms with Gasteiger partial charge in [-0.3, -0.25) is 0 Å². The Kier molecular flexibility index (Phi) is 1.85. The van der Waals surface area contributed by atoms with Gasteiger partial charge in [0, 0.05) is 16.8 Å². The van der Waals surface area contributed by atoms with E-state index in [0.29, 0.717) is 6.04 Å². The first-order valence-electron chi connectivity index (χ1n) is 6.04. The van der Waals surface area contributed by atoms with Gasteiger partial charge in [-0.2, -0.15) is 0 Å². The van der Waals surface area contributed by atoms with Crippen LogP contribution in [-0.2, 0) is 0 Å². The molecule has 0 amide bonds. The van der Waals surface area contributed by atoms with Crippen molar-refractivity contribution in [1.82, 2.24) is 5.32 Å². The van der Waals surface area contributed by atoms with Crippen molar-refractivity contribution in [3.8, 4) is 0 Å². The molecule has 2 aromatic heterocycles. The Balaban J connectivity index is 2.06. The number of nitrogens with one attached hydrogen (secondary N) is 1. The summed E-state index contributed by atoms with van der Waals surface area (Å²) >= 11 is 0. The van der Waals surface area contributed by atoms with Crippen molar-refractivity contribution in [3.05, 3.63) is 36.3 Å². The van der Waals surface area contributed by atoms with Crippen molar-refractivity contribution in [1.29, 1.82) is 0 Å². The van der Waals surface area contributed by atoms with Crippen LogP contribution in [0, 0.1) is 0 Å². The second-order valence-corrected chi connectivity index (χ2v) is 4.62. The van der Waals surface area contributed by atoms with Crippen molar-refractivity contribution in [3.63, 3.8) is 0 Å².